The van der Waals surface area contributed by atoms with Gasteiger partial charge in [-0.25, -0.2) is 14.8 Å². The fraction of sp³-hybridized carbons (Fsp3) is 0.346. The minimum atomic E-state index is -0.517. The van der Waals surface area contributed by atoms with Crippen molar-refractivity contribution < 1.29 is 19.4 Å². The number of ether oxygens (including phenoxy) is 2. The Morgan fingerprint density at radius 2 is 2.00 bits per heavy atom. The van der Waals surface area contributed by atoms with Crippen LogP contribution in [-0.4, -0.2) is 50.9 Å². The Kier molecular flexibility index (Phi) is 7.57. The Balaban J connectivity index is 1.84. The predicted octanol–water partition coefficient (Wildman–Crippen LogP) is 5.47. The minimum absolute atomic E-state index is 0.0913. The van der Waals surface area contributed by atoms with E-state index in [-0.39, 0.29) is 19.0 Å². The molecular formula is C26H29BrN4O4. The van der Waals surface area contributed by atoms with Crippen molar-refractivity contribution in [2.75, 3.05) is 20.3 Å². The highest BCUT2D eigenvalue weighted by molar-refractivity contribution is 9.10. The van der Waals surface area contributed by atoms with Crippen LogP contribution < -0.4 is 4.74 Å². The molecule has 0 aliphatic rings. The van der Waals surface area contributed by atoms with Crippen LogP contribution in [-0.2, 0) is 4.74 Å². The lowest BCUT2D eigenvalue weighted by molar-refractivity contribution is 0.0503. The van der Waals surface area contributed by atoms with Gasteiger partial charge in [0, 0.05) is 24.6 Å². The molecule has 2 N–H and O–H groups in total. The largest absolute Gasteiger partial charge is 0.494 e. The summed E-state index contributed by atoms with van der Waals surface area (Å²) in [5, 5.41) is 9.86. The SMILES string of the molecule is CCOC(=O)c1nccn1C(CCO)c1cc(OC)c2[nH]c(-c3ccc(C(C)C)cc3)nc2c1Br. The molecule has 2 aromatic heterocycles. The topological polar surface area (TPSA) is 102 Å². The summed E-state index contributed by atoms with van der Waals surface area (Å²) in [6.45, 7) is 6.23. The van der Waals surface area contributed by atoms with Crippen molar-refractivity contribution >= 4 is 32.9 Å². The Morgan fingerprint density at radius 1 is 1.26 bits per heavy atom. The average molecular weight is 541 g/mol. The van der Waals surface area contributed by atoms with Crippen LogP contribution in [0.1, 0.15) is 60.9 Å². The van der Waals surface area contributed by atoms with Gasteiger partial charge in [0.2, 0.25) is 5.82 Å². The zero-order valence-corrected chi connectivity index (χ0v) is 21.8. The van der Waals surface area contributed by atoms with Gasteiger partial charge in [0.05, 0.1) is 24.2 Å². The summed E-state index contributed by atoms with van der Waals surface area (Å²) in [7, 11) is 1.60. The van der Waals surface area contributed by atoms with E-state index in [2.05, 4.69) is 64.0 Å². The second-order valence-electron chi connectivity index (χ2n) is 8.47. The lowest BCUT2D eigenvalue weighted by Gasteiger charge is -2.22. The molecular weight excluding hydrogens is 512 g/mol. The summed E-state index contributed by atoms with van der Waals surface area (Å²) in [6.07, 6.45) is 3.61. The van der Waals surface area contributed by atoms with Crippen molar-refractivity contribution in [2.45, 2.75) is 39.2 Å². The van der Waals surface area contributed by atoms with Gasteiger partial charge in [0.1, 0.15) is 22.6 Å². The van der Waals surface area contributed by atoms with E-state index in [0.717, 1.165) is 26.9 Å². The Hall–Kier alpha value is -3.17. The zero-order chi connectivity index (χ0) is 25.1. The first kappa shape index (κ1) is 24.9. The first-order chi connectivity index (χ1) is 16.9. The van der Waals surface area contributed by atoms with Crippen molar-refractivity contribution in [3.8, 4) is 17.1 Å². The number of nitrogens with zero attached hydrogens (tertiary/aromatic N) is 3. The molecule has 8 nitrogen and oxygen atoms in total. The first-order valence-corrected chi connectivity index (χ1v) is 12.4. The number of nitrogens with one attached hydrogen (secondary N) is 1. The standard InChI is InChI=1S/C26H29BrN4O4/c1-5-35-26(33)25-28-11-12-31(25)19(10-13-32)18-14-20(34-4)22-23(21(18)27)30-24(29-22)17-8-6-16(7-9-17)15(2)3/h6-9,11-12,14-15,19,32H,5,10,13H2,1-4H3,(H,29,30). The number of benzene rings is 2. The van der Waals surface area contributed by atoms with E-state index in [1.807, 2.05) is 6.07 Å². The second kappa shape index (κ2) is 10.6. The molecule has 1 atom stereocenters. The number of aromatic nitrogens is 4. The van der Waals surface area contributed by atoms with Gasteiger partial charge in [-0.1, -0.05) is 38.1 Å². The van der Waals surface area contributed by atoms with Gasteiger partial charge in [0.15, 0.2) is 0 Å². The van der Waals surface area contributed by atoms with E-state index in [1.165, 1.54) is 5.56 Å². The third-order valence-electron chi connectivity index (χ3n) is 5.99. The Bertz CT molecular complexity index is 1330. The van der Waals surface area contributed by atoms with E-state index in [4.69, 9.17) is 14.5 Å². The molecule has 0 radical (unpaired) electrons. The monoisotopic (exact) mass is 540 g/mol. The number of rotatable bonds is 9. The third-order valence-corrected chi connectivity index (χ3v) is 6.83. The number of carbonyl (C=O) groups excluding carboxylic acids is 1. The zero-order valence-electron chi connectivity index (χ0n) is 20.2. The highest BCUT2D eigenvalue weighted by atomic mass is 79.9. The van der Waals surface area contributed by atoms with Crippen LogP contribution in [0.2, 0.25) is 0 Å². The molecule has 0 fully saturated rings. The van der Waals surface area contributed by atoms with Gasteiger partial charge in [-0.05, 0) is 52.4 Å². The molecule has 4 aromatic rings. The van der Waals surface area contributed by atoms with Crippen LogP contribution in [0, 0.1) is 0 Å². The maximum Gasteiger partial charge on any atom is 0.374 e. The number of hydrogen-bond donors (Lipinski definition) is 2. The molecule has 0 saturated heterocycles. The lowest BCUT2D eigenvalue weighted by atomic mass is 10.0. The summed E-state index contributed by atoms with van der Waals surface area (Å²) in [5.74, 6) is 1.43. The van der Waals surface area contributed by atoms with Crippen molar-refractivity contribution in [3.05, 3.63) is 64.1 Å². The molecule has 0 bridgehead atoms. The smallest absolute Gasteiger partial charge is 0.374 e. The molecule has 184 valence electrons. The quantitative estimate of drug-likeness (QED) is 0.273. The normalized spacial score (nSPS) is 12.3. The number of imidazole rings is 2. The van der Waals surface area contributed by atoms with Crippen molar-refractivity contribution in [2.24, 2.45) is 0 Å². The summed E-state index contributed by atoms with van der Waals surface area (Å²) in [4.78, 5) is 25.0. The van der Waals surface area contributed by atoms with E-state index in [9.17, 15) is 9.90 Å². The maximum atomic E-state index is 12.5. The summed E-state index contributed by atoms with van der Waals surface area (Å²) in [6, 6.07) is 9.82. The molecule has 9 heteroatoms. The molecule has 0 spiro atoms. The summed E-state index contributed by atoms with van der Waals surface area (Å²) >= 11 is 3.74. The van der Waals surface area contributed by atoms with E-state index >= 15 is 0 Å². The van der Waals surface area contributed by atoms with Crippen molar-refractivity contribution in [3.63, 3.8) is 0 Å². The fourth-order valence-electron chi connectivity index (χ4n) is 4.17. The minimum Gasteiger partial charge on any atom is -0.494 e. The van der Waals surface area contributed by atoms with Crippen LogP contribution in [0.25, 0.3) is 22.4 Å². The second-order valence-corrected chi connectivity index (χ2v) is 9.27. The maximum absolute atomic E-state index is 12.5. The molecule has 0 aliphatic heterocycles. The molecule has 2 heterocycles. The van der Waals surface area contributed by atoms with Gasteiger partial charge in [-0.3, -0.25) is 0 Å². The summed E-state index contributed by atoms with van der Waals surface area (Å²) in [5.41, 5.74) is 4.48. The van der Waals surface area contributed by atoms with Gasteiger partial charge in [-0.15, -0.1) is 0 Å². The molecule has 4 rings (SSSR count). The number of carbonyl (C=O) groups is 1. The van der Waals surface area contributed by atoms with E-state index in [0.29, 0.717) is 23.6 Å². The van der Waals surface area contributed by atoms with Crippen LogP contribution in [0.4, 0.5) is 0 Å². The van der Waals surface area contributed by atoms with Crippen molar-refractivity contribution in [1.82, 2.24) is 19.5 Å². The van der Waals surface area contributed by atoms with Gasteiger partial charge in [0.25, 0.3) is 0 Å². The molecule has 0 aliphatic carbocycles. The highest BCUT2D eigenvalue weighted by Gasteiger charge is 2.26. The highest BCUT2D eigenvalue weighted by Crippen LogP contribution is 2.40. The van der Waals surface area contributed by atoms with E-state index in [1.54, 1.807) is 31.0 Å². The predicted molar refractivity (Wildman–Crippen MR) is 138 cm³/mol. The van der Waals surface area contributed by atoms with Gasteiger partial charge in [-0.2, -0.15) is 0 Å². The number of hydrogen-bond acceptors (Lipinski definition) is 6. The number of halogens is 1. The number of aromatic amines is 1. The number of esters is 1. The number of fused-ring (bicyclic) bond motifs is 1. The number of H-pyrrole nitrogens is 1. The summed E-state index contributed by atoms with van der Waals surface area (Å²) < 4.78 is 13.4. The number of aliphatic hydroxyl groups is 1. The molecule has 0 amide bonds. The average Bonchev–Trinajstić information content (AvgIpc) is 3.52. The number of methoxy groups -OCH3 is 1. The Morgan fingerprint density at radius 3 is 2.63 bits per heavy atom. The van der Waals surface area contributed by atoms with Gasteiger partial charge >= 0.3 is 5.97 Å². The van der Waals surface area contributed by atoms with Gasteiger partial charge < -0.3 is 24.1 Å². The van der Waals surface area contributed by atoms with Crippen LogP contribution in [0.15, 0.2) is 47.2 Å². The molecule has 0 saturated carbocycles. The molecule has 35 heavy (non-hydrogen) atoms. The third kappa shape index (κ3) is 4.83. The number of aliphatic hydroxyl groups excluding tert-OH is 1. The van der Waals surface area contributed by atoms with Crippen LogP contribution >= 0.6 is 15.9 Å². The van der Waals surface area contributed by atoms with Crippen molar-refractivity contribution in [1.29, 1.82) is 0 Å². The molecule has 2 aromatic carbocycles. The van der Waals surface area contributed by atoms with E-state index < -0.39 is 12.0 Å². The Labute approximate surface area is 212 Å². The molecule has 1 unspecified atom stereocenters. The van der Waals surface area contributed by atoms with Crippen LogP contribution in [0.5, 0.6) is 5.75 Å². The fourth-order valence-corrected chi connectivity index (χ4v) is 4.84. The van der Waals surface area contributed by atoms with Crippen LogP contribution in [0.3, 0.4) is 0 Å². The lowest BCUT2D eigenvalue weighted by Crippen LogP contribution is -2.20. The first-order valence-electron chi connectivity index (χ1n) is 11.6.